The summed E-state index contributed by atoms with van der Waals surface area (Å²) in [5, 5.41) is 0. The summed E-state index contributed by atoms with van der Waals surface area (Å²) in [7, 11) is 0. The van der Waals surface area contributed by atoms with E-state index in [2.05, 4.69) is 11.9 Å². The summed E-state index contributed by atoms with van der Waals surface area (Å²) in [4.78, 5) is 44.4. The molecule has 10 heteroatoms. The van der Waals surface area contributed by atoms with Gasteiger partial charge in [-0.1, -0.05) is 63.1 Å². The Kier molecular flexibility index (Phi) is 11.2. The summed E-state index contributed by atoms with van der Waals surface area (Å²) in [6.45, 7) is 12.1. The number of nitrogens with zero attached hydrogens (tertiary/aromatic N) is 2. The van der Waals surface area contributed by atoms with Crippen molar-refractivity contribution in [2.45, 2.75) is 66.8 Å². The Hall–Kier alpha value is -4.18. The fraction of sp³-hybridized carbons (Fsp3) is 0.412. The number of aromatic nitrogens is 1. The van der Waals surface area contributed by atoms with Gasteiger partial charge < -0.3 is 18.9 Å². The lowest BCUT2D eigenvalue weighted by molar-refractivity contribution is -0.140. The number of hydrogen-bond acceptors (Lipinski definition) is 9. The van der Waals surface area contributed by atoms with E-state index in [-0.39, 0.29) is 29.4 Å². The van der Waals surface area contributed by atoms with Gasteiger partial charge in [-0.15, -0.1) is 0 Å². The fourth-order valence-corrected chi connectivity index (χ4v) is 5.82. The van der Waals surface area contributed by atoms with Crippen molar-refractivity contribution in [1.29, 1.82) is 0 Å². The van der Waals surface area contributed by atoms with Gasteiger partial charge in [-0.25, -0.2) is 9.79 Å². The summed E-state index contributed by atoms with van der Waals surface area (Å²) >= 11 is 1.25. The standard InChI is InChI=1S/C34H40N2O7S/c1-7-9-10-17-41-26-14-11-24(12-15-26)18-29-32(38)36-31(25-13-16-27(43-23(6)37)28(19-25)40-8-2)30(22(5)35-34(36)44-29)33(39)42-20-21(3)4/h11-16,18-19,21,31H,7-10,17,20H2,1-6H3/b29-18-/t31-/m0/s1. The van der Waals surface area contributed by atoms with Crippen LogP contribution in [-0.2, 0) is 14.3 Å². The maximum absolute atomic E-state index is 14.0. The second-order valence-electron chi connectivity index (χ2n) is 10.9. The van der Waals surface area contributed by atoms with Gasteiger partial charge in [0.15, 0.2) is 16.3 Å². The maximum Gasteiger partial charge on any atom is 0.338 e. The van der Waals surface area contributed by atoms with E-state index in [0.29, 0.717) is 39.6 Å². The molecule has 0 spiro atoms. The summed E-state index contributed by atoms with van der Waals surface area (Å²) in [6, 6.07) is 11.8. The van der Waals surface area contributed by atoms with Crippen LogP contribution in [0.3, 0.4) is 0 Å². The average Bonchev–Trinajstić information content (AvgIpc) is 3.28. The van der Waals surface area contributed by atoms with E-state index in [1.807, 2.05) is 51.1 Å². The lowest BCUT2D eigenvalue weighted by Gasteiger charge is -2.25. The van der Waals surface area contributed by atoms with Crippen LogP contribution in [0.4, 0.5) is 0 Å². The van der Waals surface area contributed by atoms with Crippen LogP contribution in [0, 0.1) is 5.92 Å². The van der Waals surface area contributed by atoms with Crippen LogP contribution in [-0.4, -0.2) is 36.3 Å². The molecule has 3 aromatic rings. The van der Waals surface area contributed by atoms with Gasteiger partial charge in [-0.05, 0) is 67.7 Å². The largest absolute Gasteiger partial charge is 0.494 e. The van der Waals surface area contributed by atoms with E-state index in [1.54, 1.807) is 25.1 Å². The monoisotopic (exact) mass is 620 g/mol. The first-order valence-electron chi connectivity index (χ1n) is 15.0. The van der Waals surface area contributed by atoms with Crippen LogP contribution < -0.4 is 29.1 Å². The van der Waals surface area contributed by atoms with Crippen molar-refractivity contribution in [2.24, 2.45) is 10.9 Å². The molecule has 1 aliphatic rings. The molecule has 2 heterocycles. The van der Waals surface area contributed by atoms with Crippen molar-refractivity contribution in [1.82, 2.24) is 4.57 Å². The van der Waals surface area contributed by atoms with Crippen molar-refractivity contribution < 1.29 is 28.5 Å². The molecule has 44 heavy (non-hydrogen) atoms. The number of allylic oxidation sites excluding steroid dienone is 1. The second kappa shape index (κ2) is 15.0. The van der Waals surface area contributed by atoms with E-state index >= 15 is 0 Å². The molecular formula is C34H40N2O7S. The van der Waals surface area contributed by atoms with Crippen LogP contribution in [0.25, 0.3) is 6.08 Å². The highest BCUT2D eigenvalue weighted by atomic mass is 32.1. The Balaban J connectivity index is 1.80. The third-order valence-electron chi connectivity index (χ3n) is 6.82. The molecule has 0 fully saturated rings. The second-order valence-corrected chi connectivity index (χ2v) is 11.9. The topological polar surface area (TPSA) is 105 Å². The number of hydrogen-bond donors (Lipinski definition) is 0. The predicted molar refractivity (Wildman–Crippen MR) is 170 cm³/mol. The van der Waals surface area contributed by atoms with Gasteiger partial charge in [0.05, 0.1) is 41.7 Å². The Bertz CT molecular complexity index is 1700. The van der Waals surface area contributed by atoms with E-state index in [1.165, 1.54) is 22.8 Å². The number of ether oxygens (including phenoxy) is 4. The zero-order valence-electron chi connectivity index (χ0n) is 26.2. The van der Waals surface area contributed by atoms with Crippen molar-refractivity contribution in [3.8, 4) is 17.2 Å². The molecule has 0 N–H and O–H groups in total. The molecule has 4 rings (SSSR count). The normalized spacial score (nSPS) is 14.7. The number of thiazole rings is 1. The van der Waals surface area contributed by atoms with Gasteiger partial charge in [-0.3, -0.25) is 14.2 Å². The summed E-state index contributed by atoms with van der Waals surface area (Å²) in [5.41, 5.74) is 1.86. The molecule has 0 aliphatic carbocycles. The van der Waals surface area contributed by atoms with Crippen molar-refractivity contribution >= 4 is 29.4 Å². The minimum Gasteiger partial charge on any atom is -0.494 e. The molecule has 0 amide bonds. The molecule has 0 saturated carbocycles. The zero-order chi connectivity index (χ0) is 31.8. The van der Waals surface area contributed by atoms with Gasteiger partial charge in [0, 0.05) is 6.92 Å². The van der Waals surface area contributed by atoms with Gasteiger partial charge in [0.2, 0.25) is 0 Å². The van der Waals surface area contributed by atoms with Crippen LogP contribution in [0.5, 0.6) is 17.2 Å². The molecule has 234 valence electrons. The Morgan fingerprint density at radius 3 is 2.45 bits per heavy atom. The summed E-state index contributed by atoms with van der Waals surface area (Å²) < 4.78 is 24.6. The Labute approximate surface area is 261 Å². The first-order chi connectivity index (χ1) is 21.1. The lowest BCUT2D eigenvalue weighted by atomic mass is 9.95. The molecule has 9 nitrogen and oxygen atoms in total. The molecule has 2 aromatic carbocycles. The van der Waals surface area contributed by atoms with Crippen molar-refractivity contribution in [3.05, 3.63) is 84.5 Å². The number of carbonyl (C=O) groups excluding carboxylic acids is 2. The number of rotatable bonds is 13. The summed E-state index contributed by atoms with van der Waals surface area (Å²) in [6.07, 6.45) is 5.08. The molecule has 0 bridgehead atoms. The van der Waals surface area contributed by atoms with Gasteiger partial charge >= 0.3 is 11.9 Å². The smallest absolute Gasteiger partial charge is 0.338 e. The average molecular weight is 621 g/mol. The van der Waals surface area contributed by atoms with E-state index in [9.17, 15) is 14.4 Å². The van der Waals surface area contributed by atoms with E-state index in [4.69, 9.17) is 18.9 Å². The van der Waals surface area contributed by atoms with Crippen molar-refractivity contribution in [2.75, 3.05) is 19.8 Å². The first kappa shape index (κ1) is 32.7. The minimum absolute atomic E-state index is 0.125. The number of carbonyl (C=O) groups is 2. The molecule has 0 radical (unpaired) electrons. The lowest BCUT2D eigenvalue weighted by Crippen LogP contribution is -2.40. The molecule has 0 unspecified atom stereocenters. The number of benzene rings is 2. The SMILES string of the molecule is CCCCCOc1ccc(/C=c2\sc3n(c2=O)[C@@H](c2ccc(OC(C)=O)c(OCC)c2)C(C(=O)OCC(C)C)=C(C)N=3)cc1. The maximum atomic E-state index is 14.0. The van der Waals surface area contributed by atoms with Crippen molar-refractivity contribution in [3.63, 3.8) is 0 Å². The zero-order valence-corrected chi connectivity index (χ0v) is 27.0. The highest BCUT2D eigenvalue weighted by molar-refractivity contribution is 7.07. The minimum atomic E-state index is -0.836. The molecule has 1 aromatic heterocycles. The van der Waals surface area contributed by atoms with E-state index in [0.717, 1.165) is 30.6 Å². The highest BCUT2D eigenvalue weighted by Crippen LogP contribution is 2.36. The third kappa shape index (κ3) is 7.85. The third-order valence-corrected chi connectivity index (χ3v) is 7.80. The molecule has 1 atom stereocenters. The predicted octanol–water partition coefficient (Wildman–Crippen LogP) is 5.33. The van der Waals surface area contributed by atoms with Gasteiger partial charge in [0.25, 0.3) is 5.56 Å². The highest BCUT2D eigenvalue weighted by Gasteiger charge is 2.34. The number of unbranched alkanes of at least 4 members (excludes halogenated alkanes) is 2. The van der Waals surface area contributed by atoms with E-state index < -0.39 is 18.0 Å². The van der Waals surface area contributed by atoms with Crippen LogP contribution in [0.1, 0.15) is 78.0 Å². The molecule has 0 saturated heterocycles. The molecule has 1 aliphatic heterocycles. The van der Waals surface area contributed by atoms with Crippen LogP contribution in [0.15, 0.2) is 63.5 Å². The van der Waals surface area contributed by atoms with Gasteiger partial charge in [0.1, 0.15) is 5.75 Å². The molecular weight excluding hydrogens is 580 g/mol. The number of esters is 2. The van der Waals surface area contributed by atoms with Crippen LogP contribution in [0.2, 0.25) is 0 Å². The fourth-order valence-electron chi connectivity index (χ4n) is 4.77. The summed E-state index contributed by atoms with van der Waals surface area (Å²) in [5.74, 6) is 0.441. The first-order valence-corrected chi connectivity index (χ1v) is 15.8. The van der Waals surface area contributed by atoms with Gasteiger partial charge in [-0.2, -0.15) is 0 Å². The van der Waals surface area contributed by atoms with Crippen LogP contribution >= 0.6 is 11.3 Å². The Morgan fingerprint density at radius 2 is 1.80 bits per heavy atom. The Morgan fingerprint density at radius 1 is 1.05 bits per heavy atom. The number of fused-ring (bicyclic) bond motifs is 1. The quantitative estimate of drug-likeness (QED) is 0.145.